The number of nitrogens with one attached hydrogen (secondary N) is 3. The number of H-pyrrole nitrogens is 1. The van der Waals surface area contributed by atoms with E-state index in [4.69, 9.17) is 0 Å². The fourth-order valence-electron chi connectivity index (χ4n) is 2.44. The maximum atomic E-state index is 11.5. The van der Waals surface area contributed by atoms with Gasteiger partial charge in [-0.15, -0.1) is 0 Å². The van der Waals surface area contributed by atoms with Gasteiger partial charge in [0, 0.05) is 35.9 Å². The highest BCUT2D eigenvalue weighted by Crippen LogP contribution is 2.17. The Hall–Kier alpha value is -2.02. The first-order valence-corrected chi connectivity index (χ1v) is 10.2. The Morgan fingerprint density at radius 3 is 2.75 bits per heavy atom. The van der Waals surface area contributed by atoms with Gasteiger partial charge in [-0.2, -0.15) is 0 Å². The van der Waals surface area contributed by atoms with E-state index in [0.717, 1.165) is 25.0 Å². The van der Waals surface area contributed by atoms with E-state index in [1.807, 2.05) is 25.3 Å². The van der Waals surface area contributed by atoms with E-state index >= 15 is 0 Å². The molecule has 132 valence electrons. The van der Waals surface area contributed by atoms with Crippen molar-refractivity contribution >= 4 is 26.7 Å². The van der Waals surface area contributed by atoms with Gasteiger partial charge < -0.3 is 15.6 Å². The van der Waals surface area contributed by atoms with Crippen LogP contribution < -0.4 is 10.6 Å². The van der Waals surface area contributed by atoms with Crippen LogP contribution in [0.15, 0.2) is 35.5 Å². The molecule has 3 N–H and O–H groups in total. The number of hydrogen-bond donors (Lipinski definition) is 3. The summed E-state index contributed by atoms with van der Waals surface area (Å²) in [6.45, 7) is 5.38. The van der Waals surface area contributed by atoms with Crippen LogP contribution in [-0.4, -0.2) is 50.5 Å². The van der Waals surface area contributed by atoms with Crippen LogP contribution >= 0.6 is 0 Å². The van der Waals surface area contributed by atoms with Crippen LogP contribution in [0.4, 0.5) is 0 Å². The zero-order chi connectivity index (χ0) is 17.4. The maximum Gasteiger partial charge on any atom is 0.191 e. The Morgan fingerprint density at radius 1 is 1.21 bits per heavy atom. The van der Waals surface area contributed by atoms with Gasteiger partial charge in [-0.3, -0.25) is 4.99 Å². The van der Waals surface area contributed by atoms with Crippen LogP contribution in [0.25, 0.3) is 10.9 Å². The zero-order valence-corrected chi connectivity index (χ0v) is 15.1. The van der Waals surface area contributed by atoms with E-state index < -0.39 is 9.84 Å². The average molecular weight is 350 g/mol. The van der Waals surface area contributed by atoms with Crippen LogP contribution in [0, 0.1) is 0 Å². The molecule has 0 aliphatic rings. The molecule has 0 bridgehead atoms. The van der Waals surface area contributed by atoms with Gasteiger partial charge in [0.05, 0.1) is 12.3 Å². The molecule has 0 unspecified atom stereocenters. The van der Waals surface area contributed by atoms with Gasteiger partial charge in [0.15, 0.2) is 15.8 Å². The highest BCUT2D eigenvalue weighted by atomic mass is 32.2. The summed E-state index contributed by atoms with van der Waals surface area (Å²) in [6.07, 6.45) is 2.89. The average Bonchev–Trinajstić information content (AvgIpc) is 2.98. The van der Waals surface area contributed by atoms with Crippen molar-refractivity contribution in [3.8, 4) is 0 Å². The van der Waals surface area contributed by atoms with Gasteiger partial charge in [0.2, 0.25) is 0 Å². The lowest BCUT2D eigenvalue weighted by Crippen LogP contribution is -2.38. The van der Waals surface area contributed by atoms with Crippen LogP contribution in [0.5, 0.6) is 0 Å². The highest BCUT2D eigenvalue weighted by molar-refractivity contribution is 7.91. The Labute approximate surface area is 143 Å². The number of fused-ring (bicyclic) bond motifs is 1. The number of guanidine groups is 1. The molecule has 0 aliphatic heterocycles. The minimum absolute atomic E-state index is 0.0858. The summed E-state index contributed by atoms with van der Waals surface area (Å²) in [5.74, 6) is 0.902. The number of nitrogens with zero attached hydrogens (tertiary/aromatic N) is 1. The third-order valence-electron chi connectivity index (χ3n) is 3.82. The van der Waals surface area contributed by atoms with E-state index in [1.165, 1.54) is 10.9 Å². The highest BCUT2D eigenvalue weighted by Gasteiger charge is 2.07. The number of aromatic amines is 1. The molecule has 2 aromatic rings. The maximum absolute atomic E-state index is 11.5. The minimum atomic E-state index is -2.98. The number of para-hydroxylation sites is 1. The summed E-state index contributed by atoms with van der Waals surface area (Å²) in [7, 11) is -2.98. The van der Waals surface area contributed by atoms with Crippen molar-refractivity contribution in [2.45, 2.75) is 20.3 Å². The summed E-state index contributed by atoms with van der Waals surface area (Å²) in [4.78, 5) is 7.60. The van der Waals surface area contributed by atoms with E-state index in [2.05, 4.69) is 32.7 Å². The Balaban J connectivity index is 1.89. The van der Waals surface area contributed by atoms with Crippen molar-refractivity contribution in [1.82, 2.24) is 15.6 Å². The number of aromatic nitrogens is 1. The molecule has 24 heavy (non-hydrogen) atoms. The molecule has 0 radical (unpaired) electrons. The Kier molecular flexibility index (Phi) is 6.66. The molecule has 7 heteroatoms. The van der Waals surface area contributed by atoms with E-state index in [1.54, 1.807) is 6.92 Å². The molecule has 0 fully saturated rings. The Morgan fingerprint density at radius 2 is 2.00 bits per heavy atom. The molecule has 0 saturated carbocycles. The summed E-state index contributed by atoms with van der Waals surface area (Å²) in [5, 5.41) is 7.63. The molecule has 6 nitrogen and oxygen atoms in total. The number of benzene rings is 1. The lowest BCUT2D eigenvalue weighted by molar-refractivity contribution is 0.597. The summed E-state index contributed by atoms with van der Waals surface area (Å²) in [6, 6.07) is 8.22. The summed E-state index contributed by atoms with van der Waals surface area (Å²) < 4.78 is 23.0. The third kappa shape index (κ3) is 5.26. The van der Waals surface area contributed by atoms with E-state index in [-0.39, 0.29) is 18.1 Å². The standard InChI is InChI=1S/C17H26N4O2S/c1-3-18-17(20-11-12-24(22,23)4-2)19-10-9-14-13-21-16-8-6-5-7-15(14)16/h5-8,13,21H,3-4,9-12H2,1-2H3,(H2,18,19,20). The smallest absolute Gasteiger partial charge is 0.191 e. The number of hydrogen-bond acceptors (Lipinski definition) is 3. The predicted octanol–water partition coefficient (Wildman–Crippen LogP) is 1.70. The van der Waals surface area contributed by atoms with Crippen LogP contribution in [0.2, 0.25) is 0 Å². The second-order valence-corrected chi connectivity index (χ2v) is 8.01. The molecule has 0 spiro atoms. The molecule has 0 saturated heterocycles. The van der Waals surface area contributed by atoms with E-state index in [0.29, 0.717) is 5.96 Å². The molecule has 1 heterocycles. The molecule has 1 aromatic carbocycles. The van der Waals surface area contributed by atoms with Crippen molar-refractivity contribution in [1.29, 1.82) is 0 Å². The SMILES string of the molecule is CCNC(=NCCS(=O)(=O)CC)NCCc1c[nH]c2ccccc12. The zero-order valence-electron chi connectivity index (χ0n) is 14.3. The normalized spacial score (nSPS) is 12.5. The molecular weight excluding hydrogens is 324 g/mol. The lowest BCUT2D eigenvalue weighted by atomic mass is 10.1. The quantitative estimate of drug-likeness (QED) is 0.500. The molecule has 2 rings (SSSR count). The second-order valence-electron chi connectivity index (χ2n) is 5.53. The fourth-order valence-corrected chi connectivity index (χ4v) is 3.09. The number of sulfone groups is 1. The Bertz CT molecular complexity index is 781. The summed E-state index contributed by atoms with van der Waals surface area (Å²) >= 11 is 0. The first-order chi connectivity index (χ1) is 11.6. The predicted molar refractivity (Wildman–Crippen MR) is 100 cm³/mol. The minimum Gasteiger partial charge on any atom is -0.361 e. The van der Waals surface area contributed by atoms with Crippen LogP contribution in [0.1, 0.15) is 19.4 Å². The lowest BCUT2D eigenvalue weighted by Gasteiger charge is -2.11. The largest absolute Gasteiger partial charge is 0.361 e. The molecular formula is C17H26N4O2S. The third-order valence-corrected chi connectivity index (χ3v) is 5.50. The van der Waals surface area contributed by atoms with Gasteiger partial charge in [-0.1, -0.05) is 25.1 Å². The topological polar surface area (TPSA) is 86.3 Å². The monoisotopic (exact) mass is 350 g/mol. The first kappa shape index (κ1) is 18.3. The van der Waals surface area contributed by atoms with Crippen LogP contribution in [0.3, 0.4) is 0 Å². The van der Waals surface area contributed by atoms with Crippen molar-refractivity contribution in [2.24, 2.45) is 4.99 Å². The fraction of sp³-hybridized carbons (Fsp3) is 0.471. The van der Waals surface area contributed by atoms with Gasteiger partial charge in [-0.05, 0) is 25.0 Å². The van der Waals surface area contributed by atoms with Crippen molar-refractivity contribution < 1.29 is 8.42 Å². The van der Waals surface area contributed by atoms with Gasteiger partial charge in [0.25, 0.3) is 0 Å². The van der Waals surface area contributed by atoms with Crippen molar-refractivity contribution in [3.63, 3.8) is 0 Å². The van der Waals surface area contributed by atoms with Gasteiger partial charge in [-0.25, -0.2) is 8.42 Å². The van der Waals surface area contributed by atoms with Crippen molar-refractivity contribution in [2.75, 3.05) is 31.1 Å². The number of rotatable bonds is 8. The number of aliphatic imine (C=N–C) groups is 1. The van der Waals surface area contributed by atoms with Gasteiger partial charge in [0.1, 0.15) is 0 Å². The van der Waals surface area contributed by atoms with E-state index in [9.17, 15) is 8.42 Å². The van der Waals surface area contributed by atoms with Crippen LogP contribution in [-0.2, 0) is 16.3 Å². The van der Waals surface area contributed by atoms with Crippen molar-refractivity contribution in [3.05, 3.63) is 36.0 Å². The second kappa shape index (κ2) is 8.73. The van der Waals surface area contributed by atoms with Gasteiger partial charge >= 0.3 is 0 Å². The molecule has 0 atom stereocenters. The first-order valence-electron chi connectivity index (χ1n) is 8.33. The molecule has 1 aromatic heterocycles. The summed E-state index contributed by atoms with van der Waals surface area (Å²) in [5.41, 5.74) is 2.39. The molecule has 0 aliphatic carbocycles. The molecule has 0 amide bonds.